The number of aryl methyl sites for hydroxylation is 1. The highest BCUT2D eigenvalue weighted by atomic mass is 35.5. The van der Waals surface area contributed by atoms with Gasteiger partial charge in [-0.15, -0.1) is 12.4 Å². The summed E-state index contributed by atoms with van der Waals surface area (Å²) in [6.07, 6.45) is 0. The Kier molecular flexibility index (Phi) is 6.28. The molecule has 110 valence electrons. The third-order valence-electron chi connectivity index (χ3n) is 2.39. The Hall–Kier alpha value is -0.820. The zero-order chi connectivity index (χ0) is 14.0. The van der Waals surface area contributed by atoms with Crippen molar-refractivity contribution >= 4 is 22.4 Å². The average molecular weight is 309 g/mol. The molecule has 0 atom stereocenters. The normalized spacial score (nSPS) is 11.8. The van der Waals surface area contributed by atoms with E-state index in [0.29, 0.717) is 5.75 Å². The monoisotopic (exact) mass is 308 g/mol. The van der Waals surface area contributed by atoms with Crippen LogP contribution in [0.2, 0.25) is 0 Å². The molecule has 1 aromatic carbocycles. The van der Waals surface area contributed by atoms with Crippen LogP contribution in [0.4, 0.5) is 0 Å². The van der Waals surface area contributed by atoms with Gasteiger partial charge in [0.15, 0.2) is 0 Å². The first-order valence-corrected chi connectivity index (χ1v) is 7.07. The lowest BCUT2D eigenvalue weighted by molar-refractivity contribution is 0.411. The highest BCUT2D eigenvalue weighted by Crippen LogP contribution is 2.21. The summed E-state index contributed by atoms with van der Waals surface area (Å²) in [6.45, 7) is 5.49. The predicted octanol–water partition coefficient (Wildman–Crippen LogP) is 1.44. The number of rotatable bonds is 5. The Morgan fingerprint density at radius 3 is 2.37 bits per heavy atom. The van der Waals surface area contributed by atoms with Crippen LogP contribution >= 0.6 is 12.4 Å². The standard InChI is InChI=1S/C12H20N2O3S.ClH/c1-9-7-10(5-6-11(9)17-4)18(15,16)14-8-12(2,3)13;/h5-7,14H,8,13H2,1-4H3;1H. The minimum absolute atomic E-state index is 0. The summed E-state index contributed by atoms with van der Waals surface area (Å²) in [4.78, 5) is 0.213. The zero-order valence-electron chi connectivity index (χ0n) is 11.6. The quantitative estimate of drug-likeness (QED) is 0.862. The van der Waals surface area contributed by atoms with Crippen LogP contribution in [0, 0.1) is 6.92 Å². The summed E-state index contributed by atoms with van der Waals surface area (Å²) in [5.74, 6) is 0.660. The Labute approximate surface area is 121 Å². The molecule has 0 aliphatic heterocycles. The van der Waals surface area contributed by atoms with E-state index in [1.807, 2.05) is 0 Å². The lowest BCUT2D eigenvalue weighted by atomic mass is 10.1. The Morgan fingerprint density at radius 2 is 1.95 bits per heavy atom. The molecule has 0 radical (unpaired) electrons. The molecule has 5 nitrogen and oxygen atoms in total. The van der Waals surface area contributed by atoms with Crippen LogP contribution in [0.25, 0.3) is 0 Å². The molecule has 0 aromatic heterocycles. The van der Waals surface area contributed by atoms with Gasteiger partial charge in [-0.05, 0) is 44.5 Å². The van der Waals surface area contributed by atoms with Crippen LogP contribution < -0.4 is 15.2 Å². The molecule has 7 heteroatoms. The SMILES string of the molecule is COc1ccc(S(=O)(=O)NCC(C)(C)N)cc1C.Cl. The third kappa shape index (κ3) is 5.36. The Bertz CT molecular complexity index is 524. The minimum Gasteiger partial charge on any atom is -0.496 e. The number of halogens is 1. The van der Waals surface area contributed by atoms with E-state index in [1.165, 1.54) is 6.07 Å². The number of hydrogen-bond donors (Lipinski definition) is 2. The molecule has 19 heavy (non-hydrogen) atoms. The van der Waals surface area contributed by atoms with Gasteiger partial charge in [0, 0.05) is 12.1 Å². The predicted molar refractivity (Wildman–Crippen MR) is 78.4 cm³/mol. The highest BCUT2D eigenvalue weighted by molar-refractivity contribution is 7.89. The number of nitrogens with one attached hydrogen (secondary N) is 1. The van der Waals surface area contributed by atoms with Crippen molar-refractivity contribution in [3.05, 3.63) is 23.8 Å². The van der Waals surface area contributed by atoms with Gasteiger partial charge >= 0.3 is 0 Å². The van der Waals surface area contributed by atoms with Gasteiger partial charge in [0.05, 0.1) is 12.0 Å². The van der Waals surface area contributed by atoms with Gasteiger partial charge in [0.25, 0.3) is 0 Å². The molecule has 0 saturated carbocycles. The second kappa shape index (κ2) is 6.56. The summed E-state index contributed by atoms with van der Waals surface area (Å²) >= 11 is 0. The fourth-order valence-corrected chi connectivity index (χ4v) is 2.69. The molecule has 0 heterocycles. The van der Waals surface area contributed by atoms with E-state index in [0.717, 1.165) is 5.56 Å². The Morgan fingerprint density at radius 1 is 1.37 bits per heavy atom. The van der Waals surface area contributed by atoms with E-state index in [2.05, 4.69) is 4.72 Å². The molecule has 0 spiro atoms. The average Bonchev–Trinajstić information content (AvgIpc) is 2.25. The van der Waals surface area contributed by atoms with E-state index >= 15 is 0 Å². The Balaban J connectivity index is 0.00000324. The summed E-state index contributed by atoms with van der Waals surface area (Å²) in [7, 11) is -1.98. The largest absolute Gasteiger partial charge is 0.496 e. The topological polar surface area (TPSA) is 81.4 Å². The van der Waals surface area contributed by atoms with Crippen molar-refractivity contribution < 1.29 is 13.2 Å². The number of ether oxygens (including phenoxy) is 1. The molecule has 3 N–H and O–H groups in total. The molecule has 0 aliphatic carbocycles. The van der Waals surface area contributed by atoms with Gasteiger partial charge in [-0.25, -0.2) is 13.1 Å². The molecule has 0 aliphatic rings. The highest BCUT2D eigenvalue weighted by Gasteiger charge is 2.19. The smallest absolute Gasteiger partial charge is 0.240 e. The van der Waals surface area contributed by atoms with Gasteiger partial charge in [-0.2, -0.15) is 0 Å². The second-order valence-electron chi connectivity index (χ2n) is 4.94. The molecular weight excluding hydrogens is 288 g/mol. The zero-order valence-corrected chi connectivity index (χ0v) is 13.2. The molecule has 0 bridgehead atoms. The van der Waals surface area contributed by atoms with Crippen molar-refractivity contribution in [3.63, 3.8) is 0 Å². The van der Waals surface area contributed by atoms with Crippen molar-refractivity contribution in [1.82, 2.24) is 4.72 Å². The lowest BCUT2D eigenvalue weighted by Crippen LogP contribution is -2.45. The number of benzene rings is 1. The van der Waals surface area contributed by atoms with Gasteiger partial charge in [0.1, 0.15) is 5.75 Å². The van der Waals surface area contributed by atoms with Gasteiger partial charge in [-0.3, -0.25) is 0 Å². The van der Waals surface area contributed by atoms with E-state index in [1.54, 1.807) is 40.0 Å². The fraction of sp³-hybridized carbons (Fsp3) is 0.500. The van der Waals surface area contributed by atoms with Crippen molar-refractivity contribution in [1.29, 1.82) is 0 Å². The van der Waals surface area contributed by atoms with Crippen LogP contribution in [-0.2, 0) is 10.0 Å². The van der Waals surface area contributed by atoms with Crippen molar-refractivity contribution in [2.45, 2.75) is 31.2 Å². The first-order valence-electron chi connectivity index (χ1n) is 5.59. The van der Waals surface area contributed by atoms with E-state index in [9.17, 15) is 8.42 Å². The number of hydrogen-bond acceptors (Lipinski definition) is 4. The molecule has 0 saturated heterocycles. The molecule has 0 fully saturated rings. The number of nitrogens with two attached hydrogens (primary N) is 1. The molecule has 0 unspecified atom stereocenters. The number of sulfonamides is 1. The van der Waals surface area contributed by atoms with Crippen molar-refractivity contribution in [2.75, 3.05) is 13.7 Å². The van der Waals surface area contributed by atoms with Gasteiger partial charge in [0.2, 0.25) is 10.0 Å². The molecule has 1 aromatic rings. The summed E-state index contributed by atoms with van der Waals surface area (Å²) in [5.41, 5.74) is 5.93. The van der Waals surface area contributed by atoms with E-state index in [-0.39, 0.29) is 23.8 Å². The van der Waals surface area contributed by atoms with Crippen molar-refractivity contribution in [3.8, 4) is 5.75 Å². The first-order chi connectivity index (χ1) is 8.15. The summed E-state index contributed by atoms with van der Waals surface area (Å²) < 4.78 is 31.6. The van der Waals surface area contributed by atoms with Gasteiger partial charge < -0.3 is 10.5 Å². The summed E-state index contributed by atoms with van der Waals surface area (Å²) in [6, 6.07) is 4.72. The van der Waals surface area contributed by atoms with Crippen LogP contribution in [0.1, 0.15) is 19.4 Å². The van der Waals surface area contributed by atoms with Crippen LogP contribution in [-0.4, -0.2) is 27.6 Å². The third-order valence-corrected chi connectivity index (χ3v) is 3.79. The summed E-state index contributed by atoms with van der Waals surface area (Å²) in [5, 5.41) is 0. The first kappa shape index (κ1) is 18.2. The maximum atomic E-state index is 12.0. The van der Waals surface area contributed by atoms with Gasteiger partial charge in [-0.1, -0.05) is 0 Å². The maximum absolute atomic E-state index is 12.0. The molecular formula is C12H21ClN2O3S. The van der Waals surface area contributed by atoms with Crippen LogP contribution in [0.5, 0.6) is 5.75 Å². The lowest BCUT2D eigenvalue weighted by Gasteiger charge is -2.19. The van der Waals surface area contributed by atoms with E-state index in [4.69, 9.17) is 10.5 Å². The van der Waals surface area contributed by atoms with Crippen molar-refractivity contribution in [2.24, 2.45) is 5.73 Å². The van der Waals surface area contributed by atoms with E-state index < -0.39 is 15.6 Å². The maximum Gasteiger partial charge on any atom is 0.240 e. The molecule has 1 rings (SSSR count). The van der Waals surface area contributed by atoms with Crippen LogP contribution in [0.3, 0.4) is 0 Å². The minimum atomic E-state index is -3.53. The number of methoxy groups -OCH3 is 1. The van der Waals surface area contributed by atoms with Crippen LogP contribution in [0.15, 0.2) is 23.1 Å². The second-order valence-corrected chi connectivity index (χ2v) is 6.71. The molecule has 0 amide bonds. The fourth-order valence-electron chi connectivity index (χ4n) is 1.38.